The van der Waals surface area contributed by atoms with E-state index in [4.69, 9.17) is 4.42 Å². The Kier molecular flexibility index (Phi) is 5.15. The van der Waals surface area contributed by atoms with E-state index >= 15 is 0 Å². The fourth-order valence-corrected chi connectivity index (χ4v) is 2.09. The van der Waals surface area contributed by atoms with Gasteiger partial charge < -0.3 is 14.5 Å². The van der Waals surface area contributed by atoms with Crippen molar-refractivity contribution in [2.45, 2.75) is 19.7 Å². The molecule has 1 N–H and O–H groups in total. The number of furan rings is 1. The van der Waals surface area contributed by atoms with Crippen LogP contribution < -0.4 is 10.1 Å². The predicted molar refractivity (Wildman–Crippen MR) is 75.0 cm³/mol. The maximum absolute atomic E-state index is 12.2. The van der Waals surface area contributed by atoms with Gasteiger partial charge in [-0.2, -0.15) is 8.78 Å². The van der Waals surface area contributed by atoms with Crippen molar-refractivity contribution in [2.24, 2.45) is 0 Å². The lowest BCUT2D eigenvalue weighted by Gasteiger charge is -2.10. The van der Waals surface area contributed by atoms with Crippen molar-refractivity contribution in [1.82, 2.24) is 5.32 Å². The van der Waals surface area contributed by atoms with Gasteiger partial charge in [-0.25, -0.2) is 0 Å². The SMILES string of the molecule is FC(F)Oc1ccccc1CNCc1ccc(I)o1. The maximum atomic E-state index is 12.2. The molecule has 6 heteroatoms. The van der Waals surface area contributed by atoms with Gasteiger partial charge in [0.15, 0.2) is 3.77 Å². The van der Waals surface area contributed by atoms with Gasteiger partial charge in [-0.05, 0) is 40.8 Å². The van der Waals surface area contributed by atoms with Crippen LogP contribution in [0.1, 0.15) is 11.3 Å². The predicted octanol–water partition coefficient (Wildman–Crippen LogP) is 3.78. The van der Waals surface area contributed by atoms with Crippen molar-refractivity contribution >= 4 is 22.6 Å². The Bertz CT molecular complexity index is 531. The molecule has 0 aliphatic heterocycles. The molecular weight excluding hydrogens is 367 g/mol. The third kappa shape index (κ3) is 4.46. The topological polar surface area (TPSA) is 34.4 Å². The van der Waals surface area contributed by atoms with Crippen LogP contribution in [0.3, 0.4) is 0 Å². The summed E-state index contributed by atoms with van der Waals surface area (Å²) in [7, 11) is 0. The van der Waals surface area contributed by atoms with Crippen LogP contribution in [0.25, 0.3) is 0 Å². The Balaban J connectivity index is 1.92. The van der Waals surface area contributed by atoms with Crippen LogP contribution >= 0.6 is 22.6 Å². The molecule has 0 atom stereocenters. The van der Waals surface area contributed by atoms with E-state index in [1.54, 1.807) is 18.2 Å². The van der Waals surface area contributed by atoms with Gasteiger partial charge in [-0.1, -0.05) is 18.2 Å². The maximum Gasteiger partial charge on any atom is 0.387 e. The van der Waals surface area contributed by atoms with Crippen LogP contribution in [-0.2, 0) is 13.1 Å². The van der Waals surface area contributed by atoms with Crippen LogP contribution in [0.4, 0.5) is 8.78 Å². The highest BCUT2D eigenvalue weighted by molar-refractivity contribution is 14.1. The summed E-state index contributed by atoms with van der Waals surface area (Å²) in [5, 5.41) is 3.12. The lowest BCUT2D eigenvalue weighted by atomic mass is 10.2. The average Bonchev–Trinajstić information content (AvgIpc) is 2.77. The average molecular weight is 379 g/mol. The molecule has 2 rings (SSSR count). The lowest BCUT2D eigenvalue weighted by Crippen LogP contribution is -2.14. The summed E-state index contributed by atoms with van der Waals surface area (Å²) in [6.07, 6.45) is 0. The van der Waals surface area contributed by atoms with Gasteiger partial charge in [0.1, 0.15) is 11.5 Å². The minimum atomic E-state index is -2.81. The number of alkyl halides is 2. The normalized spacial score (nSPS) is 10.9. The summed E-state index contributed by atoms with van der Waals surface area (Å²) < 4.78 is 35.1. The number of benzene rings is 1. The Morgan fingerprint density at radius 3 is 2.63 bits per heavy atom. The van der Waals surface area contributed by atoms with Crippen LogP contribution in [0.15, 0.2) is 40.8 Å². The van der Waals surface area contributed by atoms with E-state index in [0.717, 1.165) is 9.53 Å². The van der Waals surface area contributed by atoms with Gasteiger partial charge in [0.25, 0.3) is 0 Å². The Labute approximate surface area is 123 Å². The molecule has 1 heterocycles. The summed E-state index contributed by atoms with van der Waals surface area (Å²) in [6, 6.07) is 10.5. The molecule has 0 spiro atoms. The Hall–Kier alpha value is -1.15. The Morgan fingerprint density at radius 1 is 1.16 bits per heavy atom. The fourth-order valence-electron chi connectivity index (χ4n) is 1.63. The van der Waals surface area contributed by atoms with E-state index in [1.807, 2.05) is 12.1 Å². The van der Waals surface area contributed by atoms with Gasteiger partial charge in [0, 0.05) is 12.1 Å². The van der Waals surface area contributed by atoms with Gasteiger partial charge in [0.05, 0.1) is 6.54 Å². The van der Waals surface area contributed by atoms with Crippen molar-refractivity contribution in [2.75, 3.05) is 0 Å². The molecule has 0 saturated heterocycles. The number of ether oxygens (including phenoxy) is 1. The van der Waals surface area contributed by atoms with Crippen molar-refractivity contribution in [1.29, 1.82) is 0 Å². The standard InChI is InChI=1S/C13H12F2INO2/c14-13(15)19-11-4-2-1-3-9(11)7-17-8-10-5-6-12(16)18-10/h1-6,13,17H,7-8H2. The van der Waals surface area contributed by atoms with E-state index in [1.165, 1.54) is 6.07 Å². The molecule has 1 aromatic heterocycles. The van der Waals surface area contributed by atoms with Crippen LogP contribution in [0, 0.1) is 3.77 Å². The van der Waals surface area contributed by atoms with Gasteiger partial charge in [0.2, 0.25) is 0 Å². The van der Waals surface area contributed by atoms with E-state index < -0.39 is 6.61 Å². The number of nitrogens with one attached hydrogen (secondary N) is 1. The van der Waals surface area contributed by atoms with Crippen LogP contribution in [0.5, 0.6) is 5.75 Å². The first-order chi connectivity index (χ1) is 9.15. The van der Waals surface area contributed by atoms with Crippen LogP contribution in [0.2, 0.25) is 0 Å². The number of rotatable bonds is 6. The minimum absolute atomic E-state index is 0.194. The molecule has 0 unspecified atom stereocenters. The molecular formula is C13H12F2INO2. The zero-order valence-corrected chi connectivity index (χ0v) is 12.1. The second-order valence-corrected chi connectivity index (χ2v) is 4.86. The van der Waals surface area contributed by atoms with Crippen LogP contribution in [-0.4, -0.2) is 6.61 Å². The first-order valence-electron chi connectivity index (χ1n) is 5.63. The van der Waals surface area contributed by atoms with E-state index in [0.29, 0.717) is 18.7 Å². The Morgan fingerprint density at radius 2 is 1.95 bits per heavy atom. The zero-order valence-electron chi connectivity index (χ0n) is 9.91. The first kappa shape index (κ1) is 14.3. The highest BCUT2D eigenvalue weighted by Crippen LogP contribution is 2.20. The van der Waals surface area contributed by atoms with Crippen molar-refractivity contribution in [3.8, 4) is 5.75 Å². The third-order valence-corrected chi connectivity index (χ3v) is 3.01. The molecule has 0 fully saturated rings. The molecule has 0 radical (unpaired) electrons. The molecule has 3 nitrogen and oxygen atoms in total. The molecule has 0 bridgehead atoms. The lowest BCUT2D eigenvalue weighted by molar-refractivity contribution is -0.0505. The van der Waals surface area contributed by atoms with Crippen molar-refractivity contribution in [3.63, 3.8) is 0 Å². The van der Waals surface area contributed by atoms with Gasteiger partial charge in [-0.3, -0.25) is 0 Å². The number of halogens is 3. The summed E-state index contributed by atoms with van der Waals surface area (Å²) in [5.41, 5.74) is 0.684. The summed E-state index contributed by atoms with van der Waals surface area (Å²) >= 11 is 2.08. The highest BCUT2D eigenvalue weighted by atomic mass is 127. The molecule has 0 aliphatic rings. The summed E-state index contributed by atoms with van der Waals surface area (Å²) in [6.45, 7) is -1.85. The molecule has 19 heavy (non-hydrogen) atoms. The first-order valence-corrected chi connectivity index (χ1v) is 6.70. The molecule has 0 aliphatic carbocycles. The second kappa shape index (κ2) is 6.85. The minimum Gasteiger partial charge on any atom is -0.454 e. The number of para-hydroxylation sites is 1. The summed E-state index contributed by atoms with van der Waals surface area (Å²) in [5.74, 6) is 0.996. The highest BCUT2D eigenvalue weighted by Gasteiger charge is 2.08. The van der Waals surface area contributed by atoms with E-state index in [-0.39, 0.29) is 5.75 Å². The smallest absolute Gasteiger partial charge is 0.387 e. The van der Waals surface area contributed by atoms with Gasteiger partial charge >= 0.3 is 6.61 Å². The molecule has 102 valence electrons. The second-order valence-electron chi connectivity index (χ2n) is 3.80. The molecule has 0 amide bonds. The fraction of sp³-hybridized carbons (Fsp3) is 0.231. The number of hydrogen-bond acceptors (Lipinski definition) is 3. The molecule has 2 aromatic rings. The zero-order chi connectivity index (χ0) is 13.7. The largest absolute Gasteiger partial charge is 0.454 e. The van der Waals surface area contributed by atoms with Gasteiger partial charge in [-0.15, -0.1) is 0 Å². The quantitative estimate of drug-likeness (QED) is 0.776. The van der Waals surface area contributed by atoms with E-state index in [2.05, 4.69) is 32.6 Å². The summed E-state index contributed by atoms with van der Waals surface area (Å²) in [4.78, 5) is 0. The van der Waals surface area contributed by atoms with E-state index in [9.17, 15) is 8.78 Å². The monoisotopic (exact) mass is 379 g/mol. The van der Waals surface area contributed by atoms with Crippen molar-refractivity contribution < 1.29 is 17.9 Å². The molecule has 1 aromatic carbocycles. The molecule has 0 saturated carbocycles. The number of hydrogen-bond donors (Lipinski definition) is 1. The third-order valence-electron chi connectivity index (χ3n) is 2.43. The van der Waals surface area contributed by atoms with Crippen molar-refractivity contribution in [3.05, 3.63) is 51.5 Å².